The number of ether oxygens (including phenoxy) is 1. The highest BCUT2D eigenvalue weighted by Gasteiger charge is 2.27. The molecule has 2 aliphatic rings. The zero-order valence-electron chi connectivity index (χ0n) is 24.1. The zero-order chi connectivity index (χ0) is 28.3. The summed E-state index contributed by atoms with van der Waals surface area (Å²) in [6.07, 6.45) is 3.79. The number of benzene rings is 2. The molecule has 0 bridgehead atoms. The molecule has 1 amide bonds. The van der Waals surface area contributed by atoms with E-state index in [0.29, 0.717) is 18.6 Å². The Kier molecular flexibility index (Phi) is 8.42. The van der Waals surface area contributed by atoms with E-state index >= 15 is 4.39 Å². The van der Waals surface area contributed by atoms with E-state index in [1.54, 1.807) is 27.9 Å². The highest BCUT2D eigenvalue weighted by molar-refractivity contribution is 6.08. The van der Waals surface area contributed by atoms with Crippen LogP contribution in [0.4, 0.5) is 21.6 Å². The molecular weight excluding hydrogens is 507 g/mol. The minimum absolute atomic E-state index is 0.177. The third-order valence-electron chi connectivity index (χ3n) is 7.73. The number of nitrogens with zero attached hydrogens (tertiary/aromatic N) is 5. The fourth-order valence-corrected chi connectivity index (χ4v) is 5.25. The highest BCUT2D eigenvalue weighted by Crippen LogP contribution is 2.36. The van der Waals surface area contributed by atoms with Crippen molar-refractivity contribution in [2.24, 2.45) is 12.5 Å². The first kappa shape index (κ1) is 28.1. The maximum absolute atomic E-state index is 15.0. The third-order valence-corrected chi connectivity index (χ3v) is 7.73. The molecule has 214 valence electrons. The summed E-state index contributed by atoms with van der Waals surface area (Å²) in [5, 5.41) is 7.70. The Bertz CT molecular complexity index is 1330. The zero-order valence-corrected chi connectivity index (χ0v) is 24.1. The quantitative estimate of drug-likeness (QED) is 0.386. The number of hydrogen-bond donors (Lipinski definition) is 1. The molecule has 40 heavy (non-hydrogen) atoms. The number of carbonyl (C=O) groups excluding carboxylic acids is 1. The lowest BCUT2D eigenvalue weighted by molar-refractivity contribution is 0.0985. The van der Waals surface area contributed by atoms with Crippen molar-refractivity contribution < 1.29 is 13.9 Å². The molecule has 5 rings (SSSR count). The number of rotatable bonds is 8. The molecule has 0 saturated carbocycles. The second kappa shape index (κ2) is 12.0. The number of aryl methyl sites for hydroxylation is 1. The van der Waals surface area contributed by atoms with Crippen molar-refractivity contribution >= 4 is 23.1 Å². The second-order valence-electron chi connectivity index (χ2n) is 12.0. The monoisotopic (exact) mass is 548 g/mol. The van der Waals surface area contributed by atoms with Crippen molar-refractivity contribution in [1.82, 2.24) is 19.6 Å². The second-order valence-corrected chi connectivity index (χ2v) is 12.0. The minimum Gasteiger partial charge on any atom is -0.490 e. The summed E-state index contributed by atoms with van der Waals surface area (Å²) >= 11 is 0. The van der Waals surface area contributed by atoms with E-state index in [2.05, 4.69) is 41.0 Å². The largest absolute Gasteiger partial charge is 0.490 e. The lowest BCUT2D eigenvalue weighted by Crippen LogP contribution is -2.47. The van der Waals surface area contributed by atoms with Gasteiger partial charge in [0, 0.05) is 50.9 Å². The fraction of sp³-hybridized carbons (Fsp3) is 0.484. The molecule has 1 N–H and O–H groups in total. The topological polar surface area (TPSA) is 65.9 Å². The standard InChI is InChI=1S/C31H41FN6O2/c1-31(2,3)12-14-37-17-15-36(16-18-37)13-7-19-40-28-11-10-23(20-25(28)32)30(39)38-22-24-21-33-35(4)29(24)34-26-8-5-6-9-27(26)38/h5-6,8-11,20-21,34H,7,12-19,22H2,1-4H3. The van der Waals surface area contributed by atoms with Gasteiger partial charge in [-0.1, -0.05) is 32.9 Å². The summed E-state index contributed by atoms with van der Waals surface area (Å²) in [5.41, 5.74) is 3.06. The number of halogens is 1. The lowest BCUT2D eigenvalue weighted by Gasteiger charge is -2.35. The van der Waals surface area contributed by atoms with Crippen molar-refractivity contribution in [2.75, 3.05) is 56.1 Å². The van der Waals surface area contributed by atoms with Crippen molar-refractivity contribution in [1.29, 1.82) is 0 Å². The molecule has 3 aromatic rings. The van der Waals surface area contributed by atoms with Gasteiger partial charge in [0.05, 0.1) is 30.7 Å². The van der Waals surface area contributed by atoms with Crippen LogP contribution < -0.4 is 15.0 Å². The summed E-state index contributed by atoms with van der Waals surface area (Å²) in [6, 6.07) is 12.1. The molecule has 0 unspecified atom stereocenters. The van der Waals surface area contributed by atoms with Crippen molar-refractivity contribution in [2.45, 2.75) is 40.2 Å². The van der Waals surface area contributed by atoms with E-state index in [9.17, 15) is 4.79 Å². The van der Waals surface area contributed by atoms with E-state index in [0.717, 1.165) is 68.4 Å². The number of para-hydroxylation sites is 2. The molecule has 0 spiro atoms. The van der Waals surface area contributed by atoms with Gasteiger partial charge >= 0.3 is 0 Å². The lowest BCUT2D eigenvalue weighted by atomic mass is 9.92. The minimum atomic E-state index is -0.526. The first-order chi connectivity index (χ1) is 19.2. The Morgan fingerprint density at radius 2 is 1.77 bits per heavy atom. The molecule has 3 heterocycles. The summed E-state index contributed by atoms with van der Waals surface area (Å²) in [6.45, 7) is 14.1. The summed E-state index contributed by atoms with van der Waals surface area (Å²) < 4.78 is 22.6. The van der Waals surface area contributed by atoms with E-state index in [1.807, 2.05) is 31.3 Å². The molecule has 1 saturated heterocycles. The van der Waals surface area contributed by atoms with Crippen molar-refractivity contribution in [3.05, 3.63) is 65.6 Å². The predicted molar refractivity (Wildman–Crippen MR) is 157 cm³/mol. The van der Waals surface area contributed by atoms with Crippen LogP contribution in [0, 0.1) is 11.2 Å². The maximum Gasteiger partial charge on any atom is 0.258 e. The van der Waals surface area contributed by atoms with E-state index in [4.69, 9.17) is 4.74 Å². The molecule has 8 nitrogen and oxygen atoms in total. The van der Waals surface area contributed by atoms with Crippen LogP contribution in [-0.4, -0.2) is 71.4 Å². The molecule has 1 aromatic heterocycles. The fourth-order valence-electron chi connectivity index (χ4n) is 5.25. The number of amides is 1. The van der Waals surface area contributed by atoms with Crippen LogP contribution in [0.1, 0.15) is 49.5 Å². The van der Waals surface area contributed by atoms with Gasteiger partial charge in [0.1, 0.15) is 5.82 Å². The molecule has 1 fully saturated rings. The van der Waals surface area contributed by atoms with E-state index in [1.165, 1.54) is 12.5 Å². The van der Waals surface area contributed by atoms with Crippen LogP contribution in [0.5, 0.6) is 5.75 Å². The number of fused-ring (bicyclic) bond motifs is 2. The van der Waals surface area contributed by atoms with Gasteiger partial charge in [0.15, 0.2) is 11.6 Å². The van der Waals surface area contributed by atoms with Crippen LogP contribution >= 0.6 is 0 Å². The van der Waals surface area contributed by atoms with Gasteiger partial charge in [0.25, 0.3) is 5.91 Å². The van der Waals surface area contributed by atoms with Crippen LogP contribution in [0.3, 0.4) is 0 Å². The van der Waals surface area contributed by atoms with Crippen molar-refractivity contribution in [3.63, 3.8) is 0 Å². The summed E-state index contributed by atoms with van der Waals surface area (Å²) in [7, 11) is 1.86. The van der Waals surface area contributed by atoms with Gasteiger partial charge in [0.2, 0.25) is 0 Å². The Morgan fingerprint density at radius 1 is 1.05 bits per heavy atom. The molecular formula is C31H41FN6O2. The Balaban J connectivity index is 1.14. The van der Waals surface area contributed by atoms with Gasteiger partial charge in [-0.25, -0.2) is 4.39 Å². The van der Waals surface area contributed by atoms with Crippen LogP contribution in [-0.2, 0) is 13.6 Å². The molecule has 0 radical (unpaired) electrons. The van der Waals surface area contributed by atoms with E-state index < -0.39 is 5.82 Å². The average Bonchev–Trinajstić information content (AvgIpc) is 3.18. The van der Waals surface area contributed by atoms with E-state index in [-0.39, 0.29) is 17.2 Å². The number of nitrogens with one attached hydrogen (secondary N) is 1. The summed E-state index contributed by atoms with van der Waals surface area (Å²) in [5.74, 6) is 0.204. The van der Waals surface area contributed by atoms with Gasteiger partial charge < -0.3 is 24.8 Å². The number of piperazine rings is 1. The van der Waals surface area contributed by atoms with Gasteiger partial charge in [-0.15, -0.1) is 0 Å². The maximum atomic E-state index is 15.0. The Labute approximate surface area is 236 Å². The predicted octanol–water partition coefficient (Wildman–Crippen LogP) is 5.29. The summed E-state index contributed by atoms with van der Waals surface area (Å²) in [4.78, 5) is 20.3. The van der Waals surface area contributed by atoms with Crippen molar-refractivity contribution in [3.8, 4) is 5.75 Å². The number of hydrogen-bond acceptors (Lipinski definition) is 6. The van der Waals surface area contributed by atoms with Gasteiger partial charge in [-0.3, -0.25) is 9.48 Å². The molecule has 0 aliphatic carbocycles. The smallest absolute Gasteiger partial charge is 0.258 e. The SMILES string of the molecule is Cn1ncc2c1Nc1ccccc1N(C(=O)c1ccc(OCCCN3CCN(CCC(C)(C)C)CC3)c(F)c1)C2. The first-order valence-corrected chi connectivity index (χ1v) is 14.2. The highest BCUT2D eigenvalue weighted by atomic mass is 19.1. The number of carbonyl (C=O) groups is 1. The Morgan fingerprint density at radius 3 is 2.50 bits per heavy atom. The average molecular weight is 549 g/mol. The third kappa shape index (κ3) is 6.64. The molecule has 0 atom stereocenters. The number of aromatic nitrogens is 2. The van der Waals surface area contributed by atoms with Crippen LogP contribution in [0.15, 0.2) is 48.7 Å². The molecule has 2 aromatic carbocycles. The Hall–Kier alpha value is -3.43. The molecule has 2 aliphatic heterocycles. The van der Waals surface area contributed by atoms with Gasteiger partial charge in [-0.05, 0) is 55.1 Å². The van der Waals surface area contributed by atoms with Crippen LogP contribution in [0.2, 0.25) is 0 Å². The molecule has 9 heteroatoms. The first-order valence-electron chi connectivity index (χ1n) is 14.2. The van der Waals surface area contributed by atoms with Gasteiger partial charge in [-0.2, -0.15) is 5.10 Å². The number of anilines is 3. The normalized spacial score (nSPS) is 16.2. The van der Waals surface area contributed by atoms with Crippen LogP contribution in [0.25, 0.3) is 0 Å².